The molecule has 0 aliphatic carbocycles. The summed E-state index contributed by atoms with van der Waals surface area (Å²) in [4.78, 5) is 0. The van der Waals surface area contributed by atoms with E-state index in [2.05, 4.69) is 21.6 Å². The van der Waals surface area contributed by atoms with Crippen molar-refractivity contribution in [3.8, 4) is 6.07 Å². The van der Waals surface area contributed by atoms with Crippen molar-refractivity contribution < 1.29 is 0 Å². The Balaban J connectivity index is 2.16. The molecule has 2 aromatic rings. The molecule has 17 heavy (non-hydrogen) atoms. The van der Waals surface area contributed by atoms with Crippen molar-refractivity contribution in [2.24, 2.45) is 7.05 Å². The fourth-order valence-corrected chi connectivity index (χ4v) is 1.68. The summed E-state index contributed by atoms with van der Waals surface area (Å²) < 4.78 is 1.87. The van der Waals surface area contributed by atoms with Gasteiger partial charge in [0.2, 0.25) is 0 Å². The summed E-state index contributed by atoms with van der Waals surface area (Å²) in [5, 5.41) is 20.0. The predicted molar refractivity (Wildman–Crippen MR) is 64.2 cm³/mol. The van der Waals surface area contributed by atoms with E-state index in [-0.39, 0.29) is 6.04 Å². The van der Waals surface area contributed by atoms with Crippen molar-refractivity contribution in [3.05, 3.63) is 42.0 Å². The third-order valence-electron chi connectivity index (χ3n) is 2.51. The molecule has 5 nitrogen and oxygen atoms in total. The minimum Gasteiger partial charge on any atom is -0.375 e. The van der Waals surface area contributed by atoms with Gasteiger partial charge in [0.05, 0.1) is 17.7 Å². The molecule has 0 saturated carbocycles. The average Bonchev–Trinajstić information content (AvgIpc) is 2.76. The van der Waals surface area contributed by atoms with E-state index >= 15 is 0 Å². The van der Waals surface area contributed by atoms with Gasteiger partial charge in [0.25, 0.3) is 0 Å². The molecule has 1 unspecified atom stereocenters. The lowest BCUT2D eigenvalue weighted by atomic mass is 10.2. The highest BCUT2D eigenvalue weighted by Crippen LogP contribution is 2.17. The van der Waals surface area contributed by atoms with E-state index in [0.29, 0.717) is 5.56 Å². The Hall–Kier alpha value is -2.35. The fourth-order valence-electron chi connectivity index (χ4n) is 1.68. The summed E-state index contributed by atoms with van der Waals surface area (Å²) in [6.45, 7) is 2.00. The Bertz CT molecular complexity index is 552. The third kappa shape index (κ3) is 2.42. The molecule has 0 saturated heterocycles. The molecule has 5 heteroatoms. The average molecular weight is 227 g/mol. The molecule has 0 aliphatic rings. The molecule has 0 radical (unpaired) electrons. The summed E-state index contributed by atoms with van der Waals surface area (Å²) in [7, 11) is 1.90. The van der Waals surface area contributed by atoms with E-state index in [0.717, 1.165) is 11.5 Å². The van der Waals surface area contributed by atoms with Crippen LogP contribution in [0.4, 0.5) is 5.69 Å². The topological polar surface area (TPSA) is 66.5 Å². The number of rotatable bonds is 3. The standard InChI is InChI=1S/C12H13N5/c1-9(12-16-14-8-17(12)2)15-11-5-3-4-10(6-11)7-13/h3-6,8-9,15H,1-2H3. The van der Waals surface area contributed by atoms with Crippen molar-refractivity contribution in [1.82, 2.24) is 14.8 Å². The first-order valence-electron chi connectivity index (χ1n) is 5.31. The normalized spacial score (nSPS) is 11.8. The summed E-state index contributed by atoms with van der Waals surface area (Å²) in [6.07, 6.45) is 1.67. The first-order valence-corrected chi connectivity index (χ1v) is 5.31. The summed E-state index contributed by atoms with van der Waals surface area (Å²) in [6, 6.07) is 9.52. The van der Waals surface area contributed by atoms with Crippen LogP contribution in [-0.2, 0) is 7.05 Å². The fraction of sp³-hybridized carbons (Fsp3) is 0.250. The summed E-state index contributed by atoms with van der Waals surface area (Å²) in [5.74, 6) is 0.854. The van der Waals surface area contributed by atoms with Crippen LogP contribution in [0.3, 0.4) is 0 Å². The highest BCUT2D eigenvalue weighted by molar-refractivity contribution is 5.49. The number of benzene rings is 1. The van der Waals surface area contributed by atoms with Crippen molar-refractivity contribution in [2.45, 2.75) is 13.0 Å². The van der Waals surface area contributed by atoms with E-state index in [1.165, 1.54) is 0 Å². The minimum atomic E-state index is 0.0384. The second kappa shape index (κ2) is 4.66. The zero-order valence-corrected chi connectivity index (χ0v) is 9.75. The lowest BCUT2D eigenvalue weighted by Gasteiger charge is -2.14. The van der Waals surface area contributed by atoms with E-state index < -0.39 is 0 Å². The van der Waals surface area contributed by atoms with Gasteiger partial charge in [-0.2, -0.15) is 5.26 Å². The Kier molecular flexibility index (Phi) is 3.06. The largest absolute Gasteiger partial charge is 0.375 e. The van der Waals surface area contributed by atoms with E-state index in [9.17, 15) is 0 Å². The van der Waals surface area contributed by atoms with Gasteiger partial charge >= 0.3 is 0 Å². The zero-order chi connectivity index (χ0) is 12.3. The lowest BCUT2D eigenvalue weighted by Crippen LogP contribution is -2.11. The number of hydrogen-bond donors (Lipinski definition) is 1. The van der Waals surface area contributed by atoms with Gasteiger partial charge in [0.15, 0.2) is 5.82 Å². The Morgan fingerprint density at radius 2 is 2.29 bits per heavy atom. The van der Waals surface area contributed by atoms with Crippen LogP contribution < -0.4 is 5.32 Å². The number of hydrogen-bond acceptors (Lipinski definition) is 4. The monoisotopic (exact) mass is 227 g/mol. The SMILES string of the molecule is CC(Nc1cccc(C#N)c1)c1nncn1C. The molecule has 1 atom stereocenters. The highest BCUT2D eigenvalue weighted by Gasteiger charge is 2.10. The minimum absolute atomic E-state index is 0.0384. The first-order chi connectivity index (χ1) is 8.20. The van der Waals surface area contributed by atoms with E-state index in [1.807, 2.05) is 36.7 Å². The number of nitriles is 1. The molecule has 1 N–H and O–H groups in total. The van der Waals surface area contributed by atoms with Crippen molar-refractivity contribution >= 4 is 5.69 Å². The van der Waals surface area contributed by atoms with Gasteiger partial charge in [0.1, 0.15) is 6.33 Å². The molecule has 0 bridgehead atoms. The number of aryl methyl sites for hydroxylation is 1. The van der Waals surface area contributed by atoms with Gasteiger partial charge in [-0.15, -0.1) is 10.2 Å². The number of aromatic nitrogens is 3. The second-order valence-corrected chi connectivity index (χ2v) is 3.86. The Morgan fingerprint density at radius 3 is 2.94 bits per heavy atom. The predicted octanol–water partition coefficient (Wildman–Crippen LogP) is 1.86. The molecule has 1 aromatic heterocycles. The van der Waals surface area contributed by atoms with Crippen LogP contribution >= 0.6 is 0 Å². The van der Waals surface area contributed by atoms with Crippen LogP contribution in [0.1, 0.15) is 24.4 Å². The van der Waals surface area contributed by atoms with Crippen LogP contribution in [0.15, 0.2) is 30.6 Å². The van der Waals surface area contributed by atoms with Gasteiger partial charge in [-0.3, -0.25) is 0 Å². The molecule has 86 valence electrons. The summed E-state index contributed by atoms with van der Waals surface area (Å²) >= 11 is 0. The Labute approximate surface area is 99.7 Å². The van der Waals surface area contributed by atoms with E-state index in [4.69, 9.17) is 5.26 Å². The van der Waals surface area contributed by atoms with Crippen LogP contribution in [0, 0.1) is 11.3 Å². The highest BCUT2D eigenvalue weighted by atomic mass is 15.3. The third-order valence-corrected chi connectivity index (χ3v) is 2.51. The maximum absolute atomic E-state index is 8.82. The zero-order valence-electron chi connectivity index (χ0n) is 9.75. The number of nitrogens with zero attached hydrogens (tertiary/aromatic N) is 4. The molecular formula is C12H13N5. The molecule has 2 rings (SSSR count). The Morgan fingerprint density at radius 1 is 1.47 bits per heavy atom. The molecule has 0 fully saturated rings. The first kappa shape index (κ1) is 11.1. The second-order valence-electron chi connectivity index (χ2n) is 3.86. The van der Waals surface area contributed by atoms with Crippen molar-refractivity contribution in [1.29, 1.82) is 5.26 Å². The molecule has 1 aromatic carbocycles. The van der Waals surface area contributed by atoms with Gasteiger partial charge in [-0.25, -0.2) is 0 Å². The maximum atomic E-state index is 8.82. The van der Waals surface area contributed by atoms with Crippen LogP contribution in [0.2, 0.25) is 0 Å². The van der Waals surface area contributed by atoms with Gasteiger partial charge < -0.3 is 9.88 Å². The lowest BCUT2D eigenvalue weighted by molar-refractivity contribution is 0.719. The van der Waals surface area contributed by atoms with Crippen molar-refractivity contribution in [3.63, 3.8) is 0 Å². The number of anilines is 1. The van der Waals surface area contributed by atoms with Crippen molar-refractivity contribution in [2.75, 3.05) is 5.32 Å². The van der Waals surface area contributed by atoms with Gasteiger partial charge in [-0.1, -0.05) is 6.07 Å². The van der Waals surface area contributed by atoms with Crippen LogP contribution in [0.25, 0.3) is 0 Å². The van der Waals surface area contributed by atoms with Crippen LogP contribution in [0.5, 0.6) is 0 Å². The summed E-state index contributed by atoms with van der Waals surface area (Å²) in [5.41, 5.74) is 1.54. The van der Waals surface area contributed by atoms with Gasteiger partial charge in [-0.05, 0) is 25.1 Å². The molecular weight excluding hydrogens is 214 g/mol. The number of nitrogens with one attached hydrogen (secondary N) is 1. The quantitative estimate of drug-likeness (QED) is 0.869. The molecule has 0 amide bonds. The van der Waals surface area contributed by atoms with Crippen LogP contribution in [-0.4, -0.2) is 14.8 Å². The molecule has 0 aliphatic heterocycles. The van der Waals surface area contributed by atoms with E-state index in [1.54, 1.807) is 12.4 Å². The maximum Gasteiger partial charge on any atom is 0.154 e. The molecule has 1 heterocycles. The molecule has 0 spiro atoms. The smallest absolute Gasteiger partial charge is 0.154 e. The van der Waals surface area contributed by atoms with Gasteiger partial charge in [0, 0.05) is 12.7 Å².